The van der Waals surface area contributed by atoms with Crippen molar-refractivity contribution in [2.24, 2.45) is 0 Å². The molecule has 0 atom stereocenters. The second kappa shape index (κ2) is 12.6. The van der Waals surface area contributed by atoms with E-state index >= 15 is 0 Å². The average Bonchev–Trinajstić information content (AvgIpc) is 2.92. The van der Waals surface area contributed by atoms with Gasteiger partial charge in [-0.25, -0.2) is 22.0 Å². The van der Waals surface area contributed by atoms with Crippen LogP contribution in [0.4, 0.5) is 39.0 Å². The summed E-state index contributed by atoms with van der Waals surface area (Å²) < 4.78 is 75.1. The lowest BCUT2D eigenvalue weighted by Crippen LogP contribution is -2.47. The summed E-state index contributed by atoms with van der Waals surface area (Å²) in [5, 5.41) is 5.82. The van der Waals surface area contributed by atoms with Crippen LogP contribution in [0.25, 0.3) is 0 Å². The van der Waals surface area contributed by atoms with Gasteiger partial charge >= 0.3 is 0 Å². The summed E-state index contributed by atoms with van der Waals surface area (Å²) in [6.07, 6.45) is 0. The molecule has 0 unspecified atom stereocenters. The molecule has 40 heavy (non-hydrogen) atoms. The Bertz CT molecular complexity index is 1440. The number of halogens is 7. The maximum atomic E-state index is 14.2. The van der Waals surface area contributed by atoms with E-state index in [-0.39, 0.29) is 31.3 Å². The van der Waals surface area contributed by atoms with E-state index < -0.39 is 40.7 Å². The standard InChI is InChI=1S/C26H21BrClF5N4O2S/c1-2-39-18-6-3-13(11-15(18)27)25(38)35-26(40)34-14-4-5-17(16(28)12-14)36-7-9-37(10-8-36)24-22(32)20(30)19(29)21(31)23(24)33/h3-6,11-12H,2,7-10H2,1H3,(H2,34,35,38,40). The van der Waals surface area contributed by atoms with Gasteiger partial charge in [0.1, 0.15) is 11.4 Å². The average molecular weight is 664 g/mol. The number of benzene rings is 3. The molecule has 0 saturated carbocycles. The molecule has 1 saturated heterocycles. The van der Waals surface area contributed by atoms with Crippen molar-refractivity contribution < 1.29 is 31.5 Å². The summed E-state index contributed by atoms with van der Waals surface area (Å²) in [5.74, 6) is -9.72. The first kappa shape index (κ1) is 29.8. The van der Waals surface area contributed by atoms with Crippen molar-refractivity contribution >= 4 is 67.8 Å². The van der Waals surface area contributed by atoms with Gasteiger partial charge < -0.3 is 19.9 Å². The quantitative estimate of drug-likeness (QED) is 0.133. The normalized spacial score (nSPS) is 13.3. The highest BCUT2D eigenvalue weighted by Gasteiger charge is 2.31. The Morgan fingerprint density at radius 3 is 2.12 bits per heavy atom. The molecule has 14 heteroatoms. The van der Waals surface area contributed by atoms with Gasteiger partial charge in [0.2, 0.25) is 5.82 Å². The van der Waals surface area contributed by atoms with Crippen LogP contribution in [0.15, 0.2) is 40.9 Å². The van der Waals surface area contributed by atoms with E-state index in [1.54, 1.807) is 36.4 Å². The Hall–Kier alpha value is -3.16. The number of nitrogens with one attached hydrogen (secondary N) is 2. The van der Waals surface area contributed by atoms with Gasteiger partial charge in [-0.05, 0) is 71.5 Å². The van der Waals surface area contributed by atoms with Crippen molar-refractivity contribution in [2.45, 2.75) is 6.92 Å². The Balaban J connectivity index is 1.37. The zero-order chi connectivity index (χ0) is 29.1. The third kappa shape index (κ3) is 6.26. The number of nitrogens with zero attached hydrogens (tertiary/aromatic N) is 2. The van der Waals surface area contributed by atoms with Gasteiger partial charge in [-0.3, -0.25) is 10.1 Å². The molecule has 1 amide bonds. The number of hydrogen-bond acceptors (Lipinski definition) is 5. The van der Waals surface area contributed by atoms with Crippen LogP contribution in [0, 0.1) is 29.1 Å². The fraction of sp³-hybridized carbons (Fsp3) is 0.231. The molecule has 1 fully saturated rings. The highest BCUT2D eigenvalue weighted by atomic mass is 79.9. The predicted molar refractivity (Wildman–Crippen MR) is 151 cm³/mol. The van der Waals surface area contributed by atoms with Gasteiger partial charge in [0.15, 0.2) is 28.4 Å². The van der Waals surface area contributed by atoms with Crippen LogP contribution in [0.3, 0.4) is 0 Å². The molecular weight excluding hydrogens is 643 g/mol. The summed E-state index contributed by atoms with van der Waals surface area (Å²) in [4.78, 5) is 15.5. The van der Waals surface area contributed by atoms with Crippen molar-refractivity contribution in [1.29, 1.82) is 0 Å². The Morgan fingerprint density at radius 1 is 0.950 bits per heavy atom. The van der Waals surface area contributed by atoms with Gasteiger partial charge in [-0.1, -0.05) is 11.6 Å². The first-order valence-electron chi connectivity index (χ1n) is 11.9. The minimum Gasteiger partial charge on any atom is -0.493 e. The predicted octanol–water partition coefficient (Wildman–Crippen LogP) is 6.65. The van der Waals surface area contributed by atoms with Crippen molar-refractivity contribution in [3.8, 4) is 5.75 Å². The molecule has 1 aliphatic rings. The van der Waals surface area contributed by atoms with Gasteiger partial charge in [0.05, 0.1) is 21.8 Å². The van der Waals surface area contributed by atoms with Crippen molar-refractivity contribution in [1.82, 2.24) is 5.32 Å². The summed E-state index contributed by atoms with van der Waals surface area (Å²) in [6.45, 7) is 2.73. The molecular formula is C26H21BrClF5N4O2S. The number of anilines is 3. The highest BCUT2D eigenvalue weighted by molar-refractivity contribution is 9.10. The molecule has 4 rings (SSSR count). The van der Waals surface area contributed by atoms with Gasteiger partial charge in [-0.15, -0.1) is 0 Å². The molecule has 6 nitrogen and oxygen atoms in total. The topological polar surface area (TPSA) is 56.8 Å². The first-order chi connectivity index (χ1) is 19.0. The summed E-state index contributed by atoms with van der Waals surface area (Å²) in [7, 11) is 0. The number of carbonyl (C=O) groups is 1. The number of rotatable bonds is 6. The maximum Gasteiger partial charge on any atom is 0.257 e. The monoisotopic (exact) mass is 662 g/mol. The zero-order valence-corrected chi connectivity index (χ0v) is 23.9. The van der Waals surface area contributed by atoms with Crippen LogP contribution >= 0.6 is 39.7 Å². The van der Waals surface area contributed by atoms with E-state index in [4.69, 9.17) is 28.6 Å². The van der Waals surface area contributed by atoms with Crippen LogP contribution < -0.4 is 25.2 Å². The Kier molecular flexibility index (Phi) is 9.37. The molecule has 0 bridgehead atoms. The van der Waals surface area contributed by atoms with Crippen LogP contribution in [-0.4, -0.2) is 43.8 Å². The lowest BCUT2D eigenvalue weighted by Gasteiger charge is -2.38. The second-order valence-corrected chi connectivity index (χ2v) is 10.2. The van der Waals surface area contributed by atoms with E-state index in [0.717, 1.165) is 4.90 Å². The molecule has 1 aliphatic heterocycles. The van der Waals surface area contributed by atoms with E-state index in [0.29, 0.717) is 38.8 Å². The van der Waals surface area contributed by atoms with Gasteiger partial charge in [0.25, 0.3) is 5.91 Å². The molecule has 0 radical (unpaired) electrons. The number of amides is 1. The first-order valence-corrected chi connectivity index (χ1v) is 13.4. The van der Waals surface area contributed by atoms with E-state index in [1.165, 1.54) is 0 Å². The minimum absolute atomic E-state index is 0.00748. The van der Waals surface area contributed by atoms with Crippen molar-refractivity contribution in [3.05, 3.63) is 80.5 Å². The van der Waals surface area contributed by atoms with Crippen LogP contribution in [0.5, 0.6) is 5.75 Å². The fourth-order valence-corrected chi connectivity index (χ4v) is 5.14. The van der Waals surface area contributed by atoms with Crippen molar-refractivity contribution in [2.75, 3.05) is 47.9 Å². The molecule has 3 aromatic carbocycles. The Morgan fingerprint density at radius 2 is 1.55 bits per heavy atom. The second-order valence-electron chi connectivity index (χ2n) is 8.55. The van der Waals surface area contributed by atoms with E-state index in [1.807, 2.05) is 11.8 Å². The van der Waals surface area contributed by atoms with E-state index in [2.05, 4.69) is 26.6 Å². The van der Waals surface area contributed by atoms with Crippen LogP contribution in [-0.2, 0) is 0 Å². The minimum atomic E-state index is -2.19. The number of hydrogen-bond donors (Lipinski definition) is 2. The lowest BCUT2D eigenvalue weighted by molar-refractivity contribution is 0.0977. The number of piperazine rings is 1. The Labute approximate surface area is 245 Å². The molecule has 0 aromatic heterocycles. The smallest absolute Gasteiger partial charge is 0.257 e. The number of carbonyl (C=O) groups excluding carboxylic acids is 1. The summed E-state index contributed by atoms with van der Waals surface area (Å²) in [6, 6.07) is 9.82. The summed E-state index contributed by atoms with van der Waals surface area (Å²) in [5.41, 5.74) is 0.498. The molecule has 3 aromatic rings. The SMILES string of the molecule is CCOc1ccc(C(=O)NC(=S)Nc2ccc(N3CCN(c4c(F)c(F)c(F)c(F)c4F)CC3)c(Cl)c2)cc1Br. The largest absolute Gasteiger partial charge is 0.493 e. The van der Waals surface area contributed by atoms with Crippen molar-refractivity contribution in [3.63, 3.8) is 0 Å². The lowest BCUT2D eigenvalue weighted by atomic mass is 10.2. The zero-order valence-electron chi connectivity index (χ0n) is 20.8. The number of thiocarbonyl (C=S) groups is 1. The van der Waals surface area contributed by atoms with E-state index in [9.17, 15) is 26.7 Å². The van der Waals surface area contributed by atoms with Crippen LogP contribution in [0.1, 0.15) is 17.3 Å². The van der Waals surface area contributed by atoms with Gasteiger partial charge in [-0.2, -0.15) is 0 Å². The molecule has 212 valence electrons. The highest BCUT2D eigenvalue weighted by Crippen LogP contribution is 2.34. The summed E-state index contributed by atoms with van der Waals surface area (Å²) >= 11 is 15.1. The third-order valence-electron chi connectivity index (χ3n) is 6.05. The molecule has 0 aliphatic carbocycles. The maximum absolute atomic E-state index is 14.2. The molecule has 1 heterocycles. The molecule has 0 spiro atoms. The molecule has 2 N–H and O–H groups in total. The van der Waals surface area contributed by atoms with Gasteiger partial charge in [0, 0.05) is 37.4 Å². The number of ether oxygens (including phenoxy) is 1. The third-order valence-corrected chi connectivity index (χ3v) is 7.18. The van der Waals surface area contributed by atoms with Crippen LogP contribution in [0.2, 0.25) is 5.02 Å². The fourth-order valence-electron chi connectivity index (χ4n) is 4.14.